The lowest BCUT2D eigenvalue weighted by Gasteiger charge is -2.09. The summed E-state index contributed by atoms with van der Waals surface area (Å²) in [5, 5.41) is 7.89. The Bertz CT molecular complexity index is 683. The quantitative estimate of drug-likeness (QED) is 0.936. The molecule has 0 bridgehead atoms. The summed E-state index contributed by atoms with van der Waals surface area (Å²) in [6.45, 7) is 3.57. The molecule has 1 aromatic heterocycles. The zero-order valence-corrected chi connectivity index (χ0v) is 13.4. The van der Waals surface area contributed by atoms with Gasteiger partial charge >= 0.3 is 0 Å². The highest BCUT2D eigenvalue weighted by molar-refractivity contribution is 6.35. The standard InChI is InChI=1S/C14H15Cl2N3O2/c1-8-14(9(2)19(3)18-8)17-13(20)7-21-12-5-4-10(15)6-11(12)16/h4-6H,7H2,1-3H3,(H,17,20). The van der Waals surface area contributed by atoms with Crippen LogP contribution in [-0.2, 0) is 11.8 Å². The fourth-order valence-electron chi connectivity index (χ4n) is 1.87. The molecule has 0 aliphatic rings. The van der Waals surface area contributed by atoms with Crippen molar-refractivity contribution >= 4 is 34.8 Å². The van der Waals surface area contributed by atoms with E-state index in [1.54, 1.807) is 22.9 Å². The zero-order chi connectivity index (χ0) is 15.6. The number of nitrogens with one attached hydrogen (secondary N) is 1. The van der Waals surface area contributed by atoms with Crippen LogP contribution in [0.3, 0.4) is 0 Å². The minimum absolute atomic E-state index is 0.144. The largest absolute Gasteiger partial charge is 0.482 e. The average molecular weight is 328 g/mol. The number of nitrogens with zero attached hydrogens (tertiary/aromatic N) is 2. The van der Waals surface area contributed by atoms with Gasteiger partial charge in [-0.2, -0.15) is 5.10 Å². The van der Waals surface area contributed by atoms with Crippen LogP contribution >= 0.6 is 23.2 Å². The molecule has 0 fully saturated rings. The van der Waals surface area contributed by atoms with Gasteiger partial charge in [0.05, 0.1) is 22.1 Å². The average Bonchev–Trinajstić information content (AvgIpc) is 2.64. The molecular weight excluding hydrogens is 313 g/mol. The number of carbonyl (C=O) groups excluding carboxylic acids is 1. The van der Waals surface area contributed by atoms with Crippen LogP contribution in [0.1, 0.15) is 11.4 Å². The Morgan fingerprint density at radius 2 is 2.10 bits per heavy atom. The maximum atomic E-state index is 11.9. The fraction of sp³-hybridized carbons (Fsp3) is 0.286. The Balaban J connectivity index is 1.99. The van der Waals surface area contributed by atoms with Gasteiger partial charge in [-0.15, -0.1) is 0 Å². The molecule has 2 rings (SSSR count). The molecule has 0 radical (unpaired) electrons. The van der Waals surface area contributed by atoms with Crippen LogP contribution in [-0.4, -0.2) is 22.3 Å². The van der Waals surface area contributed by atoms with Gasteiger partial charge < -0.3 is 10.1 Å². The molecule has 1 amide bonds. The van der Waals surface area contributed by atoms with E-state index >= 15 is 0 Å². The van der Waals surface area contributed by atoms with Crippen molar-refractivity contribution < 1.29 is 9.53 Å². The highest BCUT2D eigenvalue weighted by atomic mass is 35.5. The van der Waals surface area contributed by atoms with E-state index in [1.807, 2.05) is 20.9 Å². The van der Waals surface area contributed by atoms with Crippen LogP contribution in [0, 0.1) is 13.8 Å². The highest BCUT2D eigenvalue weighted by Crippen LogP contribution is 2.27. The number of aryl methyl sites for hydroxylation is 2. The van der Waals surface area contributed by atoms with Gasteiger partial charge in [0.1, 0.15) is 5.75 Å². The topological polar surface area (TPSA) is 56.2 Å². The van der Waals surface area contributed by atoms with Gasteiger partial charge in [-0.1, -0.05) is 23.2 Å². The molecule has 0 unspecified atom stereocenters. The Labute approximate surface area is 132 Å². The first-order chi connectivity index (χ1) is 9.88. The summed E-state index contributed by atoms with van der Waals surface area (Å²) in [4.78, 5) is 11.9. The van der Waals surface area contributed by atoms with Crippen molar-refractivity contribution in [2.75, 3.05) is 11.9 Å². The summed E-state index contributed by atoms with van der Waals surface area (Å²) >= 11 is 11.8. The van der Waals surface area contributed by atoms with Gasteiger partial charge in [-0.3, -0.25) is 9.48 Å². The number of amides is 1. The summed E-state index contributed by atoms with van der Waals surface area (Å²) in [6.07, 6.45) is 0. The summed E-state index contributed by atoms with van der Waals surface area (Å²) < 4.78 is 7.09. The number of benzene rings is 1. The normalized spacial score (nSPS) is 10.5. The van der Waals surface area contributed by atoms with Gasteiger partial charge in [0, 0.05) is 12.1 Å². The molecular formula is C14H15Cl2N3O2. The Kier molecular flexibility index (Phi) is 4.75. The third-order valence-electron chi connectivity index (χ3n) is 3.03. The molecule has 21 heavy (non-hydrogen) atoms. The second-order valence-electron chi connectivity index (χ2n) is 4.58. The Morgan fingerprint density at radius 3 is 2.67 bits per heavy atom. The molecule has 112 valence electrons. The SMILES string of the molecule is Cc1nn(C)c(C)c1NC(=O)COc1ccc(Cl)cc1Cl. The van der Waals surface area contributed by atoms with Crippen LogP contribution in [0.4, 0.5) is 5.69 Å². The van der Waals surface area contributed by atoms with Crippen LogP contribution in [0.25, 0.3) is 0 Å². The van der Waals surface area contributed by atoms with E-state index in [0.717, 1.165) is 11.4 Å². The molecule has 0 aliphatic heterocycles. The minimum Gasteiger partial charge on any atom is -0.482 e. The van der Waals surface area contributed by atoms with E-state index in [4.69, 9.17) is 27.9 Å². The zero-order valence-electron chi connectivity index (χ0n) is 11.9. The highest BCUT2D eigenvalue weighted by Gasteiger charge is 2.13. The number of aromatic nitrogens is 2. The van der Waals surface area contributed by atoms with Crippen molar-refractivity contribution in [3.05, 3.63) is 39.6 Å². The first kappa shape index (κ1) is 15.7. The van der Waals surface area contributed by atoms with Crippen molar-refractivity contribution in [2.24, 2.45) is 7.05 Å². The van der Waals surface area contributed by atoms with Gasteiger partial charge in [-0.05, 0) is 32.0 Å². The summed E-state index contributed by atoms with van der Waals surface area (Å²) in [5.74, 6) is 0.135. The predicted octanol–water partition coefficient (Wildman–Crippen LogP) is 3.36. The molecule has 5 nitrogen and oxygen atoms in total. The van der Waals surface area contributed by atoms with Crippen molar-refractivity contribution in [1.82, 2.24) is 9.78 Å². The lowest BCUT2D eigenvalue weighted by atomic mass is 10.3. The molecule has 2 aromatic rings. The number of hydrogen-bond donors (Lipinski definition) is 1. The van der Waals surface area contributed by atoms with Crippen LogP contribution in [0.5, 0.6) is 5.75 Å². The second kappa shape index (κ2) is 6.37. The first-order valence-corrected chi connectivity index (χ1v) is 7.02. The summed E-state index contributed by atoms with van der Waals surface area (Å²) in [5.41, 5.74) is 2.34. The van der Waals surface area contributed by atoms with Crippen molar-refractivity contribution in [3.63, 3.8) is 0 Å². The fourth-order valence-corrected chi connectivity index (χ4v) is 2.33. The number of anilines is 1. The summed E-state index contributed by atoms with van der Waals surface area (Å²) in [6, 6.07) is 4.83. The van der Waals surface area contributed by atoms with E-state index in [9.17, 15) is 4.79 Å². The Morgan fingerprint density at radius 1 is 1.38 bits per heavy atom. The minimum atomic E-state index is -0.278. The van der Waals surface area contributed by atoms with E-state index in [-0.39, 0.29) is 12.5 Å². The lowest BCUT2D eigenvalue weighted by molar-refractivity contribution is -0.118. The molecule has 0 aliphatic carbocycles. The molecule has 1 heterocycles. The van der Waals surface area contributed by atoms with E-state index in [2.05, 4.69) is 10.4 Å². The molecule has 0 atom stereocenters. The van der Waals surface area contributed by atoms with Gasteiger partial charge in [0.15, 0.2) is 6.61 Å². The molecule has 0 spiro atoms. The van der Waals surface area contributed by atoms with Crippen LogP contribution in [0.15, 0.2) is 18.2 Å². The predicted molar refractivity (Wildman–Crippen MR) is 83.3 cm³/mol. The molecule has 1 aromatic carbocycles. The molecule has 1 N–H and O–H groups in total. The van der Waals surface area contributed by atoms with Gasteiger partial charge in [0.25, 0.3) is 5.91 Å². The third-order valence-corrected chi connectivity index (χ3v) is 3.56. The van der Waals surface area contributed by atoms with Crippen molar-refractivity contribution in [1.29, 1.82) is 0 Å². The number of hydrogen-bond acceptors (Lipinski definition) is 3. The van der Waals surface area contributed by atoms with E-state index < -0.39 is 0 Å². The molecule has 0 saturated carbocycles. The number of ether oxygens (including phenoxy) is 1. The maximum absolute atomic E-state index is 11.9. The van der Waals surface area contributed by atoms with Crippen LogP contribution in [0.2, 0.25) is 10.0 Å². The third kappa shape index (κ3) is 3.68. The van der Waals surface area contributed by atoms with Crippen molar-refractivity contribution in [2.45, 2.75) is 13.8 Å². The first-order valence-electron chi connectivity index (χ1n) is 6.26. The number of halogens is 2. The van der Waals surface area contributed by atoms with Gasteiger partial charge in [-0.25, -0.2) is 0 Å². The monoisotopic (exact) mass is 327 g/mol. The second-order valence-corrected chi connectivity index (χ2v) is 5.42. The maximum Gasteiger partial charge on any atom is 0.262 e. The lowest BCUT2D eigenvalue weighted by Crippen LogP contribution is -2.21. The molecule has 7 heteroatoms. The van der Waals surface area contributed by atoms with E-state index in [0.29, 0.717) is 21.5 Å². The summed E-state index contributed by atoms with van der Waals surface area (Å²) in [7, 11) is 1.82. The van der Waals surface area contributed by atoms with E-state index in [1.165, 1.54) is 0 Å². The smallest absolute Gasteiger partial charge is 0.262 e. The number of carbonyl (C=O) groups is 1. The number of rotatable bonds is 4. The van der Waals surface area contributed by atoms with Gasteiger partial charge in [0.2, 0.25) is 0 Å². The van der Waals surface area contributed by atoms with Crippen LogP contribution < -0.4 is 10.1 Å². The van der Waals surface area contributed by atoms with Crippen molar-refractivity contribution in [3.8, 4) is 5.75 Å². The molecule has 0 saturated heterocycles. The Hall–Kier alpha value is -1.72.